The Kier molecular flexibility index (Phi) is 5.15. The molecular weight excluding hydrogens is 294 g/mol. The van der Waals surface area contributed by atoms with E-state index in [9.17, 15) is 23.7 Å². The lowest BCUT2D eigenvalue weighted by Crippen LogP contribution is -2.36. The number of allylic oxidation sites excluding steroid dienone is 1. The van der Waals surface area contributed by atoms with Crippen LogP contribution in [0.4, 0.5) is 14.5 Å². The molecule has 0 saturated heterocycles. The second-order valence-corrected chi connectivity index (χ2v) is 4.36. The van der Waals surface area contributed by atoms with Gasteiger partial charge in [-0.3, -0.25) is 14.9 Å². The molecule has 0 fully saturated rings. The molecule has 5 nitrogen and oxygen atoms in total. The average Bonchev–Trinajstić information content (AvgIpc) is 2.36. The van der Waals surface area contributed by atoms with Crippen LogP contribution in [0.3, 0.4) is 0 Å². The van der Waals surface area contributed by atoms with Crippen molar-refractivity contribution in [2.75, 3.05) is 6.54 Å². The minimum atomic E-state index is -3.13. The molecule has 0 aliphatic carbocycles. The van der Waals surface area contributed by atoms with E-state index in [0.717, 1.165) is 24.3 Å². The lowest BCUT2D eigenvalue weighted by molar-refractivity contribution is -0.384. The molecule has 0 atom stereocenters. The summed E-state index contributed by atoms with van der Waals surface area (Å²) in [5.41, 5.74) is -0.576. The van der Waals surface area contributed by atoms with E-state index in [4.69, 9.17) is 11.6 Å². The number of carbonyl (C=O) groups is 1. The van der Waals surface area contributed by atoms with Crippen molar-refractivity contribution < 1.29 is 18.5 Å². The number of nitrogens with zero attached hydrogens (tertiary/aromatic N) is 1. The number of halogens is 3. The summed E-state index contributed by atoms with van der Waals surface area (Å²) >= 11 is 5.72. The van der Waals surface area contributed by atoms with E-state index in [1.54, 1.807) is 0 Å². The highest BCUT2D eigenvalue weighted by Gasteiger charge is 2.28. The van der Waals surface area contributed by atoms with Gasteiger partial charge in [0.1, 0.15) is 0 Å². The van der Waals surface area contributed by atoms with Crippen molar-refractivity contribution in [2.45, 2.75) is 12.3 Å². The second kappa shape index (κ2) is 6.42. The number of nitrogens with one attached hydrogen (secondary N) is 1. The van der Waals surface area contributed by atoms with Crippen molar-refractivity contribution in [2.24, 2.45) is 0 Å². The van der Waals surface area contributed by atoms with Gasteiger partial charge in [0.25, 0.3) is 17.5 Å². The average molecular weight is 305 g/mol. The molecule has 1 N–H and O–H groups in total. The van der Waals surface area contributed by atoms with Crippen LogP contribution in [0.5, 0.6) is 0 Å². The van der Waals surface area contributed by atoms with Crippen LogP contribution in [0.25, 0.3) is 0 Å². The van der Waals surface area contributed by atoms with Gasteiger partial charge in [-0.25, -0.2) is 8.78 Å². The second-order valence-electron chi connectivity index (χ2n) is 3.95. The van der Waals surface area contributed by atoms with Crippen LogP contribution in [0.2, 0.25) is 5.02 Å². The number of hydrogen-bond acceptors (Lipinski definition) is 3. The predicted octanol–water partition coefficient (Wildman–Crippen LogP) is 3.19. The molecule has 0 aromatic heterocycles. The Balaban J connectivity index is 2.85. The van der Waals surface area contributed by atoms with Gasteiger partial charge < -0.3 is 5.32 Å². The van der Waals surface area contributed by atoms with Crippen LogP contribution in [-0.4, -0.2) is 23.3 Å². The standard InChI is InChI=1S/C12H11ClF2N2O3/c1-2-5-12(14,15)7-16-11(18)9-6-8(17(19)20)3-4-10(9)13/h2-4,6H,1,5,7H2,(H,16,18). The van der Waals surface area contributed by atoms with Gasteiger partial charge in [-0.15, -0.1) is 6.58 Å². The number of non-ortho nitro benzene ring substituents is 1. The number of hydrogen-bond donors (Lipinski definition) is 1. The maximum atomic E-state index is 13.2. The van der Waals surface area contributed by atoms with Crippen LogP contribution in [0.1, 0.15) is 16.8 Å². The van der Waals surface area contributed by atoms with Crippen molar-refractivity contribution in [1.29, 1.82) is 0 Å². The number of benzene rings is 1. The highest BCUT2D eigenvalue weighted by molar-refractivity contribution is 6.33. The van der Waals surface area contributed by atoms with Gasteiger partial charge in [0, 0.05) is 18.6 Å². The first-order valence-electron chi connectivity index (χ1n) is 5.48. The Labute approximate surface area is 118 Å². The first-order valence-corrected chi connectivity index (χ1v) is 5.85. The molecule has 1 aromatic rings. The van der Waals surface area contributed by atoms with Crippen molar-refractivity contribution in [3.63, 3.8) is 0 Å². The Morgan fingerprint density at radius 1 is 1.55 bits per heavy atom. The van der Waals surface area contributed by atoms with Crippen molar-refractivity contribution in [1.82, 2.24) is 5.32 Å². The van der Waals surface area contributed by atoms with Crippen molar-refractivity contribution in [3.05, 3.63) is 51.6 Å². The Morgan fingerprint density at radius 3 is 2.75 bits per heavy atom. The zero-order chi connectivity index (χ0) is 15.3. The summed E-state index contributed by atoms with van der Waals surface area (Å²) in [7, 11) is 0. The number of amides is 1. The van der Waals surface area contributed by atoms with E-state index in [1.807, 2.05) is 5.32 Å². The molecule has 0 saturated carbocycles. The van der Waals surface area contributed by atoms with Crippen LogP contribution in [0.15, 0.2) is 30.9 Å². The zero-order valence-corrected chi connectivity index (χ0v) is 11.0. The van der Waals surface area contributed by atoms with Gasteiger partial charge in [0.2, 0.25) is 0 Å². The van der Waals surface area contributed by atoms with Gasteiger partial charge in [-0.1, -0.05) is 17.7 Å². The van der Waals surface area contributed by atoms with Crippen LogP contribution in [0, 0.1) is 10.1 Å². The van der Waals surface area contributed by atoms with E-state index in [1.165, 1.54) is 0 Å². The summed E-state index contributed by atoms with van der Waals surface area (Å²) in [4.78, 5) is 21.6. The molecule has 1 aromatic carbocycles. The lowest BCUT2D eigenvalue weighted by atomic mass is 10.1. The molecule has 0 spiro atoms. The van der Waals surface area contributed by atoms with Crippen LogP contribution >= 0.6 is 11.6 Å². The summed E-state index contributed by atoms with van der Waals surface area (Å²) in [6, 6.07) is 3.21. The minimum absolute atomic E-state index is 0.0554. The summed E-state index contributed by atoms with van der Waals surface area (Å²) in [6.07, 6.45) is 0.447. The molecule has 1 amide bonds. The molecule has 0 radical (unpaired) electrons. The molecule has 20 heavy (non-hydrogen) atoms. The van der Waals surface area contributed by atoms with Crippen LogP contribution < -0.4 is 5.32 Å². The molecule has 108 valence electrons. The fourth-order valence-corrected chi connectivity index (χ4v) is 1.59. The highest BCUT2D eigenvalue weighted by atomic mass is 35.5. The molecule has 0 heterocycles. The van der Waals surface area contributed by atoms with E-state index < -0.39 is 29.7 Å². The third-order valence-corrected chi connectivity index (χ3v) is 2.69. The third-order valence-electron chi connectivity index (χ3n) is 2.36. The number of nitro groups is 1. The summed E-state index contributed by atoms with van der Waals surface area (Å²) in [6.45, 7) is 2.28. The molecule has 0 aliphatic heterocycles. The number of carbonyl (C=O) groups excluding carboxylic acids is 1. The highest BCUT2D eigenvalue weighted by Crippen LogP contribution is 2.23. The van der Waals surface area contributed by atoms with E-state index in [0.29, 0.717) is 0 Å². The summed E-state index contributed by atoms with van der Waals surface area (Å²) in [5.74, 6) is -4.03. The van der Waals surface area contributed by atoms with Crippen LogP contribution in [-0.2, 0) is 0 Å². The largest absolute Gasteiger partial charge is 0.346 e. The normalized spacial score (nSPS) is 10.9. The first-order chi connectivity index (χ1) is 9.26. The summed E-state index contributed by atoms with van der Waals surface area (Å²) in [5, 5.41) is 12.5. The van der Waals surface area contributed by atoms with E-state index in [2.05, 4.69) is 6.58 Å². The third kappa shape index (κ3) is 4.27. The van der Waals surface area contributed by atoms with E-state index in [-0.39, 0.29) is 16.3 Å². The topological polar surface area (TPSA) is 72.2 Å². The summed E-state index contributed by atoms with van der Waals surface area (Å²) < 4.78 is 26.4. The monoisotopic (exact) mass is 304 g/mol. The van der Waals surface area contributed by atoms with E-state index >= 15 is 0 Å². The minimum Gasteiger partial charge on any atom is -0.346 e. The molecule has 1 rings (SSSR count). The molecular formula is C12H11ClF2N2O3. The number of rotatable bonds is 6. The fourth-order valence-electron chi connectivity index (χ4n) is 1.39. The first kappa shape index (κ1) is 16.0. The van der Waals surface area contributed by atoms with Gasteiger partial charge in [-0.05, 0) is 6.07 Å². The van der Waals surface area contributed by atoms with Gasteiger partial charge in [-0.2, -0.15) is 0 Å². The maximum Gasteiger partial charge on any atom is 0.270 e. The fraction of sp³-hybridized carbons (Fsp3) is 0.250. The van der Waals surface area contributed by atoms with Gasteiger partial charge >= 0.3 is 0 Å². The Hall–Kier alpha value is -2.02. The van der Waals surface area contributed by atoms with Crippen molar-refractivity contribution >= 4 is 23.2 Å². The zero-order valence-electron chi connectivity index (χ0n) is 10.2. The lowest BCUT2D eigenvalue weighted by Gasteiger charge is -2.15. The maximum absolute atomic E-state index is 13.2. The smallest absolute Gasteiger partial charge is 0.270 e. The SMILES string of the molecule is C=CCC(F)(F)CNC(=O)c1cc([N+](=O)[O-])ccc1Cl. The number of nitro benzene ring substituents is 1. The van der Waals surface area contributed by atoms with Gasteiger partial charge in [0.15, 0.2) is 0 Å². The Morgan fingerprint density at radius 2 is 2.20 bits per heavy atom. The van der Waals surface area contributed by atoms with Crippen molar-refractivity contribution in [3.8, 4) is 0 Å². The van der Waals surface area contributed by atoms with Gasteiger partial charge in [0.05, 0.1) is 22.1 Å². The quantitative estimate of drug-likeness (QED) is 0.498. The number of alkyl halides is 2. The molecule has 0 unspecified atom stereocenters. The Bertz CT molecular complexity index is 550. The molecule has 0 aliphatic rings. The molecule has 0 bridgehead atoms. The molecule has 8 heteroatoms. The predicted molar refractivity (Wildman–Crippen MR) is 70.2 cm³/mol.